The van der Waals surface area contributed by atoms with Crippen molar-refractivity contribution in [1.82, 2.24) is 5.32 Å². The molecule has 0 aliphatic heterocycles. The lowest BCUT2D eigenvalue weighted by atomic mass is 10.1. The number of nitrogens with one attached hydrogen (secondary N) is 2. The van der Waals surface area contributed by atoms with Crippen LogP contribution >= 0.6 is 0 Å². The molecule has 0 aromatic heterocycles. The first-order valence-corrected chi connectivity index (χ1v) is 7.78. The molecule has 2 amide bonds. The van der Waals surface area contributed by atoms with Gasteiger partial charge in [0, 0.05) is 19.2 Å². The molecular formula is C19H20N2O4. The van der Waals surface area contributed by atoms with Crippen LogP contribution < -0.4 is 10.6 Å². The summed E-state index contributed by atoms with van der Waals surface area (Å²) in [6, 6.07) is 14.0. The zero-order valence-electron chi connectivity index (χ0n) is 14.2. The topological polar surface area (TPSA) is 84.5 Å². The van der Waals surface area contributed by atoms with Gasteiger partial charge in [-0.05, 0) is 35.4 Å². The van der Waals surface area contributed by atoms with Gasteiger partial charge in [0.1, 0.15) is 0 Å². The maximum atomic E-state index is 12.0. The second-order valence-electron chi connectivity index (χ2n) is 5.52. The van der Waals surface area contributed by atoms with Crippen molar-refractivity contribution in [3.8, 4) is 0 Å². The van der Waals surface area contributed by atoms with Crippen LogP contribution in [0.1, 0.15) is 28.4 Å². The molecule has 0 unspecified atom stereocenters. The second-order valence-corrected chi connectivity index (χ2v) is 5.52. The van der Waals surface area contributed by atoms with Crippen molar-refractivity contribution in [3.05, 3.63) is 65.2 Å². The Bertz CT molecular complexity index is 752. The number of carbonyl (C=O) groups excluding carboxylic acids is 3. The first-order valence-electron chi connectivity index (χ1n) is 7.78. The summed E-state index contributed by atoms with van der Waals surface area (Å²) in [6.07, 6.45) is 0.251. The van der Waals surface area contributed by atoms with Crippen molar-refractivity contribution in [3.63, 3.8) is 0 Å². The van der Waals surface area contributed by atoms with E-state index < -0.39 is 5.97 Å². The van der Waals surface area contributed by atoms with Crippen molar-refractivity contribution in [2.45, 2.75) is 19.9 Å². The fourth-order valence-electron chi connectivity index (χ4n) is 2.23. The maximum Gasteiger partial charge on any atom is 0.337 e. The lowest BCUT2D eigenvalue weighted by molar-refractivity contribution is -0.120. The van der Waals surface area contributed by atoms with Crippen molar-refractivity contribution in [2.24, 2.45) is 0 Å². The van der Waals surface area contributed by atoms with Crippen LogP contribution in [0.25, 0.3) is 0 Å². The summed E-state index contributed by atoms with van der Waals surface area (Å²) in [5, 5.41) is 5.51. The Labute approximate surface area is 146 Å². The summed E-state index contributed by atoms with van der Waals surface area (Å²) in [4.78, 5) is 34.3. The van der Waals surface area contributed by atoms with E-state index >= 15 is 0 Å². The van der Waals surface area contributed by atoms with E-state index in [4.69, 9.17) is 0 Å². The summed E-state index contributed by atoms with van der Waals surface area (Å²) < 4.78 is 4.64. The number of rotatable bonds is 6. The van der Waals surface area contributed by atoms with Crippen LogP contribution in [-0.4, -0.2) is 24.9 Å². The Morgan fingerprint density at radius 1 is 0.920 bits per heavy atom. The van der Waals surface area contributed by atoms with E-state index in [-0.39, 0.29) is 18.2 Å². The molecule has 0 spiro atoms. The van der Waals surface area contributed by atoms with E-state index in [1.54, 1.807) is 48.5 Å². The molecule has 25 heavy (non-hydrogen) atoms. The molecule has 0 bridgehead atoms. The van der Waals surface area contributed by atoms with E-state index in [0.29, 0.717) is 17.8 Å². The Morgan fingerprint density at radius 2 is 1.52 bits per heavy atom. The summed E-state index contributed by atoms with van der Waals surface area (Å²) in [5.41, 5.74) is 2.91. The fraction of sp³-hybridized carbons (Fsp3) is 0.211. The molecule has 2 aromatic rings. The van der Waals surface area contributed by atoms with Gasteiger partial charge in [0.2, 0.25) is 11.8 Å². The molecule has 130 valence electrons. The molecule has 0 aliphatic carbocycles. The molecule has 2 rings (SSSR count). The molecular weight excluding hydrogens is 320 g/mol. The minimum atomic E-state index is -0.390. The number of hydrogen-bond donors (Lipinski definition) is 2. The van der Waals surface area contributed by atoms with E-state index in [2.05, 4.69) is 15.4 Å². The Balaban J connectivity index is 1.84. The molecule has 0 saturated heterocycles. The van der Waals surface area contributed by atoms with Crippen LogP contribution in [0.4, 0.5) is 5.69 Å². The Kier molecular flexibility index (Phi) is 6.28. The van der Waals surface area contributed by atoms with Gasteiger partial charge in [-0.2, -0.15) is 0 Å². The molecule has 0 atom stereocenters. The zero-order valence-corrected chi connectivity index (χ0v) is 14.2. The smallest absolute Gasteiger partial charge is 0.337 e. The van der Waals surface area contributed by atoms with Gasteiger partial charge in [0.15, 0.2) is 0 Å². The summed E-state index contributed by atoms with van der Waals surface area (Å²) >= 11 is 0. The SMILES string of the molecule is COC(=O)c1ccc(CNC(=O)Cc2ccc(NC(C)=O)cc2)cc1. The third kappa shape index (κ3) is 5.76. The average Bonchev–Trinajstić information content (AvgIpc) is 2.61. The Hall–Kier alpha value is -3.15. The van der Waals surface area contributed by atoms with Gasteiger partial charge in [0.05, 0.1) is 19.1 Å². The quantitative estimate of drug-likeness (QED) is 0.790. The van der Waals surface area contributed by atoms with Gasteiger partial charge < -0.3 is 15.4 Å². The number of methoxy groups -OCH3 is 1. The predicted octanol–water partition coefficient (Wildman–Crippen LogP) is 2.29. The van der Waals surface area contributed by atoms with E-state index in [9.17, 15) is 14.4 Å². The highest BCUT2D eigenvalue weighted by atomic mass is 16.5. The van der Waals surface area contributed by atoms with Crippen LogP contribution in [0.3, 0.4) is 0 Å². The minimum absolute atomic E-state index is 0.107. The fourth-order valence-corrected chi connectivity index (χ4v) is 2.23. The van der Waals surface area contributed by atoms with Crippen molar-refractivity contribution in [1.29, 1.82) is 0 Å². The highest BCUT2D eigenvalue weighted by molar-refractivity contribution is 5.89. The number of esters is 1. The standard InChI is InChI=1S/C19H20N2O4/c1-13(22)21-17-9-5-14(6-10-17)11-18(23)20-12-15-3-7-16(8-4-15)19(24)25-2/h3-10H,11-12H2,1-2H3,(H,20,23)(H,21,22). The number of hydrogen-bond acceptors (Lipinski definition) is 4. The highest BCUT2D eigenvalue weighted by Gasteiger charge is 2.06. The van der Waals surface area contributed by atoms with Crippen LogP contribution in [-0.2, 0) is 27.3 Å². The van der Waals surface area contributed by atoms with Crippen LogP contribution in [0.15, 0.2) is 48.5 Å². The number of carbonyl (C=O) groups is 3. The molecule has 0 heterocycles. The third-order valence-electron chi connectivity index (χ3n) is 3.50. The van der Waals surface area contributed by atoms with Crippen LogP contribution in [0, 0.1) is 0 Å². The summed E-state index contributed by atoms with van der Waals surface area (Å²) in [7, 11) is 1.33. The van der Waals surface area contributed by atoms with Crippen molar-refractivity contribution in [2.75, 3.05) is 12.4 Å². The first-order chi connectivity index (χ1) is 12.0. The summed E-state index contributed by atoms with van der Waals surface area (Å²) in [6.45, 7) is 1.82. The third-order valence-corrected chi connectivity index (χ3v) is 3.50. The highest BCUT2D eigenvalue weighted by Crippen LogP contribution is 2.10. The minimum Gasteiger partial charge on any atom is -0.465 e. The normalized spacial score (nSPS) is 10.0. The molecule has 2 N–H and O–H groups in total. The zero-order chi connectivity index (χ0) is 18.2. The molecule has 0 saturated carbocycles. The van der Waals surface area contributed by atoms with Gasteiger partial charge in [-0.15, -0.1) is 0 Å². The van der Waals surface area contributed by atoms with Gasteiger partial charge in [-0.1, -0.05) is 24.3 Å². The molecule has 0 radical (unpaired) electrons. The first kappa shape index (κ1) is 18.2. The monoisotopic (exact) mass is 340 g/mol. The van der Waals surface area contributed by atoms with E-state index in [0.717, 1.165) is 11.1 Å². The van der Waals surface area contributed by atoms with Gasteiger partial charge in [-0.3, -0.25) is 9.59 Å². The van der Waals surface area contributed by atoms with Crippen molar-refractivity contribution < 1.29 is 19.1 Å². The summed E-state index contributed by atoms with van der Waals surface area (Å²) in [5.74, 6) is -0.633. The lowest BCUT2D eigenvalue weighted by Gasteiger charge is -2.07. The van der Waals surface area contributed by atoms with Crippen molar-refractivity contribution >= 4 is 23.5 Å². The average molecular weight is 340 g/mol. The number of ether oxygens (including phenoxy) is 1. The number of anilines is 1. The van der Waals surface area contributed by atoms with E-state index in [1.807, 2.05) is 0 Å². The van der Waals surface area contributed by atoms with Crippen LogP contribution in [0.2, 0.25) is 0 Å². The van der Waals surface area contributed by atoms with Gasteiger partial charge >= 0.3 is 5.97 Å². The molecule has 6 nitrogen and oxygen atoms in total. The number of benzene rings is 2. The van der Waals surface area contributed by atoms with E-state index in [1.165, 1.54) is 14.0 Å². The second kappa shape index (κ2) is 8.63. The van der Waals surface area contributed by atoms with Gasteiger partial charge in [-0.25, -0.2) is 4.79 Å². The lowest BCUT2D eigenvalue weighted by Crippen LogP contribution is -2.24. The number of amides is 2. The largest absolute Gasteiger partial charge is 0.465 e. The molecule has 0 fully saturated rings. The van der Waals surface area contributed by atoms with Crippen LogP contribution in [0.5, 0.6) is 0 Å². The maximum absolute atomic E-state index is 12.0. The molecule has 0 aliphatic rings. The Morgan fingerprint density at radius 3 is 2.08 bits per heavy atom. The molecule has 6 heteroatoms. The van der Waals surface area contributed by atoms with Gasteiger partial charge in [0.25, 0.3) is 0 Å². The predicted molar refractivity (Wildman–Crippen MR) is 94.1 cm³/mol. The molecule has 2 aromatic carbocycles.